The Balaban J connectivity index is 2.96. The molecule has 0 saturated carbocycles. The summed E-state index contributed by atoms with van der Waals surface area (Å²) >= 11 is 3.36. The van der Waals surface area contributed by atoms with Gasteiger partial charge < -0.3 is 18.9 Å². The van der Waals surface area contributed by atoms with Crippen LogP contribution < -0.4 is 9.47 Å². The fraction of sp³-hybridized carbons (Fsp3) is 0.417. The number of ether oxygens (including phenoxy) is 4. The Labute approximate surface area is 114 Å². The van der Waals surface area contributed by atoms with Crippen LogP contribution in [0.3, 0.4) is 0 Å². The van der Waals surface area contributed by atoms with Crippen LogP contribution in [0.15, 0.2) is 16.6 Å². The number of carbonyl (C=O) groups is 1. The van der Waals surface area contributed by atoms with E-state index < -0.39 is 0 Å². The number of carbonyl (C=O) groups excluding carboxylic acids is 1. The Morgan fingerprint density at radius 3 is 2.56 bits per heavy atom. The van der Waals surface area contributed by atoms with Crippen molar-refractivity contribution in [2.75, 3.05) is 21.0 Å². The number of hydrogen-bond acceptors (Lipinski definition) is 5. The van der Waals surface area contributed by atoms with Crippen LogP contribution in [0.4, 0.5) is 0 Å². The standard InChI is InChI=1S/C12H15BrO5/c1-8(14)17-6-9-4-12(16-3)10(13)5-11(9)18-7-15-2/h4-5H,6-7H2,1-3H3. The lowest BCUT2D eigenvalue weighted by Gasteiger charge is -2.13. The minimum Gasteiger partial charge on any atom is -0.496 e. The van der Waals surface area contributed by atoms with Gasteiger partial charge >= 0.3 is 5.97 Å². The average molecular weight is 319 g/mol. The lowest BCUT2D eigenvalue weighted by Crippen LogP contribution is -2.05. The van der Waals surface area contributed by atoms with E-state index in [0.29, 0.717) is 17.1 Å². The third-order valence-corrected chi connectivity index (χ3v) is 2.72. The second-order valence-electron chi connectivity index (χ2n) is 3.43. The molecule has 6 heteroatoms. The van der Waals surface area contributed by atoms with E-state index in [1.807, 2.05) is 0 Å². The van der Waals surface area contributed by atoms with Gasteiger partial charge in [0.05, 0.1) is 11.6 Å². The van der Waals surface area contributed by atoms with E-state index in [9.17, 15) is 4.79 Å². The Morgan fingerprint density at radius 1 is 1.28 bits per heavy atom. The summed E-state index contributed by atoms with van der Waals surface area (Å²) in [5, 5.41) is 0. The fourth-order valence-corrected chi connectivity index (χ4v) is 1.77. The molecule has 18 heavy (non-hydrogen) atoms. The van der Waals surface area contributed by atoms with Gasteiger partial charge in [0, 0.05) is 19.6 Å². The van der Waals surface area contributed by atoms with Crippen LogP contribution in [-0.2, 0) is 20.9 Å². The molecule has 0 aliphatic carbocycles. The molecule has 1 aromatic carbocycles. The number of rotatable bonds is 6. The van der Waals surface area contributed by atoms with Crippen LogP contribution >= 0.6 is 15.9 Å². The predicted molar refractivity (Wildman–Crippen MR) is 68.7 cm³/mol. The molecule has 0 fully saturated rings. The maximum atomic E-state index is 10.8. The molecule has 1 aromatic rings. The maximum Gasteiger partial charge on any atom is 0.302 e. The molecule has 0 unspecified atom stereocenters. The van der Waals surface area contributed by atoms with Gasteiger partial charge in [0.2, 0.25) is 0 Å². The van der Waals surface area contributed by atoms with Gasteiger partial charge in [0.25, 0.3) is 0 Å². The van der Waals surface area contributed by atoms with Gasteiger partial charge in [0.1, 0.15) is 18.1 Å². The summed E-state index contributed by atoms with van der Waals surface area (Å²) in [6.07, 6.45) is 0. The van der Waals surface area contributed by atoms with E-state index in [-0.39, 0.29) is 19.4 Å². The second-order valence-corrected chi connectivity index (χ2v) is 4.28. The minimum absolute atomic E-state index is 0.117. The first kappa shape index (κ1) is 14.8. The number of esters is 1. The van der Waals surface area contributed by atoms with Gasteiger partial charge in [0.15, 0.2) is 6.79 Å². The van der Waals surface area contributed by atoms with Gasteiger partial charge in [-0.15, -0.1) is 0 Å². The number of halogens is 1. The molecular weight excluding hydrogens is 304 g/mol. The Bertz CT molecular complexity index is 419. The second kappa shape index (κ2) is 7.23. The molecule has 0 N–H and O–H groups in total. The molecule has 0 spiro atoms. The summed E-state index contributed by atoms with van der Waals surface area (Å²) in [7, 11) is 3.09. The molecule has 0 aromatic heterocycles. The molecule has 0 amide bonds. The largest absolute Gasteiger partial charge is 0.496 e. The normalized spacial score (nSPS) is 10.0. The van der Waals surface area contributed by atoms with Gasteiger partial charge in [-0.3, -0.25) is 4.79 Å². The van der Waals surface area contributed by atoms with E-state index in [1.54, 1.807) is 19.2 Å². The zero-order valence-electron chi connectivity index (χ0n) is 10.5. The summed E-state index contributed by atoms with van der Waals surface area (Å²) in [6.45, 7) is 1.59. The van der Waals surface area contributed by atoms with Crippen LogP contribution in [0, 0.1) is 0 Å². The van der Waals surface area contributed by atoms with Gasteiger partial charge in [-0.25, -0.2) is 0 Å². The molecule has 0 atom stereocenters. The van der Waals surface area contributed by atoms with Crippen molar-refractivity contribution < 1.29 is 23.7 Å². The Morgan fingerprint density at radius 2 is 2.00 bits per heavy atom. The van der Waals surface area contributed by atoms with Crippen molar-refractivity contribution in [2.24, 2.45) is 0 Å². The summed E-state index contributed by atoms with van der Waals surface area (Å²) in [5.74, 6) is 0.863. The van der Waals surface area contributed by atoms with E-state index in [2.05, 4.69) is 15.9 Å². The number of methoxy groups -OCH3 is 2. The molecule has 0 radical (unpaired) electrons. The SMILES string of the molecule is COCOc1cc(Br)c(OC)cc1COC(C)=O. The molecule has 100 valence electrons. The first-order chi connectivity index (χ1) is 8.58. The quantitative estimate of drug-likeness (QED) is 0.596. The van der Waals surface area contributed by atoms with Crippen LogP contribution in [0.25, 0.3) is 0 Å². The van der Waals surface area contributed by atoms with Crippen molar-refractivity contribution >= 4 is 21.9 Å². The van der Waals surface area contributed by atoms with E-state index >= 15 is 0 Å². The van der Waals surface area contributed by atoms with Crippen LogP contribution in [0.5, 0.6) is 11.5 Å². The first-order valence-electron chi connectivity index (χ1n) is 5.20. The van der Waals surface area contributed by atoms with Crippen molar-refractivity contribution in [3.63, 3.8) is 0 Å². The maximum absolute atomic E-state index is 10.8. The third-order valence-electron chi connectivity index (χ3n) is 2.10. The minimum atomic E-state index is -0.352. The highest BCUT2D eigenvalue weighted by Gasteiger charge is 2.11. The highest BCUT2D eigenvalue weighted by Crippen LogP contribution is 2.33. The topological polar surface area (TPSA) is 54.0 Å². The smallest absolute Gasteiger partial charge is 0.302 e. The lowest BCUT2D eigenvalue weighted by molar-refractivity contribution is -0.142. The average Bonchev–Trinajstić information content (AvgIpc) is 2.34. The molecule has 5 nitrogen and oxygen atoms in total. The van der Waals surface area contributed by atoms with Gasteiger partial charge in [-0.05, 0) is 28.1 Å². The number of benzene rings is 1. The molecular formula is C12H15BrO5. The van der Waals surface area contributed by atoms with E-state index in [1.165, 1.54) is 14.0 Å². The molecule has 0 aliphatic heterocycles. The Hall–Kier alpha value is -1.27. The third kappa shape index (κ3) is 4.19. The molecule has 0 heterocycles. The summed E-state index contributed by atoms with van der Waals surface area (Å²) in [5.41, 5.74) is 0.710. The lowest BCUT2D eigenvalue weighted by atomic mass is 10.2. The van der Waals surface area contributed by atoms with Crippen molar-refractivity contribution in [1.82, 2.24) is 0 Å². The fourth-order valence-electron chi connectivity index (χ4n) is 1.28. The Kier molecular flexibility index (Phi) is 5.94. The van der Waals surface area contributed by atoms with Crippen molar-refractivity contribution in [1.29, 1.82) is 0 Å². The zero-order valence-corrected chi connectivity index (χ0v) is 12.1. The van der Waals surface area contributed by atoms with Crippen molar-refractivity contribution in [3.05, 3.63) is 22.2 Å². The highest BCUT2D eigenvalue weighted by atomic mass is 79.9. The van der Waals surface area contributed by atoms with Crippen molar-refractivity contribution in [2.45, 2.75) is 13.5 Å². The summed E-state index contributed by atoms with van der Waals surface area (Å²) in [4.78, 5) is 10.8. The molecule has 0 saturated heterocycles. The van der Waals surface area contributed by atoms with Gasteiger partial charge in [-0.2, -0.15) is 0 Å². The van der Waals surface area contributed by atoms with Crippen LogP contribution in [0.1, 0.15) is 12.5 Å². The van der Waals surface area contributed by atoms with Gasteiger partial charge in [-0.1, -0.05) is 0 Å². The zero-order chi connectivity index (χ0) is 13.5. The summed E-state index contributed by atoms with van der Waals surface area (Å²) in [6, 6.07) is 3.49. The van der Waals surface area contributed by atoms with Crippen LogP contribution in [0.2, 0.25) is 0 Å². The van der Waals surface area contributed by atoms with Crippen LogP contribution in [-0.4, -0.2) is 27.0 Å². The molecule has 1 rings (SSSR count). The van der Waals surface area contributed by atoms with E-state index in [0.717, 1.165) is 4.47 Å². The van der Waals surface area contributed by atoms with E-state index in [4.69, 9.17) is 18.9 Å². The summed E-state index contributed by atoms with van der Waals surface area (Å²) < 4.78 is 21.1. The first-order valence-corrected chi connectivity index (χ1v) is 5.99. The number of hydrogen-bond donors (Lipinski definition) is 0. The van der Waals surface area contributed by atoms with Crippen molar-refractivity contribution in [3.8, 4) is 11.5 Å². The predicted octanol–water partition coefficient (Wildman–Crippen LogP) is 2.50. The molecule has 0 bridgehead atoms. The highest BCUT2D eigenvalue weighted by molar-refractivity contribution is 9.10. The monoisotopic (exact) mass is 318 g/mol. The molecule has 0 aliphatic rings.